The molecule has 0 aliphatic carbocycles. The number of hydrogen-bond donors (Lipinski definition) is 1. The van der Waals surface area contributed by atoms with E-state index >= 15 is 0 Å². The predicted octanol–water partition coefficient (Wildman–Crippen LogP) is 1.67. The van der Waals surface area contributed by atoms with Gasteiger partial charge in [-0.15, -0.1) is 0 Å². The van der Waals surface area contributed by atoms with Gasteiger partial charge >= 0.3 is 0 Å². The van der Waals surface area contributed by atoms with Crippen molar-refractivity contribution in [3.05, 3.63) is 54.6 Å². The molecule has 0 bridgehead atoms. The largest absolute Gasteiger partial charge is 0.497 e. The Morgan fingerprint density at radius 3 is 2.40 bits per heavy atom. The topological polar surface area (TPSA) is 94.2 Å². The van der Waals surface area contributed by atoms with Gasteiger partial charge in [0, 0.05) is 20.1 Å². The molecule has 0 radical (unpaired) electrons. The molecule has 3 rings (SSSR count). The zero-order valence-corrected chi connectivity index (χ0v) is 17.8. The Kier molecular flexibility index (Phi) is 7.30. The summed E-state index contributed by atoms with van der Waals surface area (Å²) in [5, 5.41) is 2.74. The van der Waals surface area contributed by atoms with Gasteiger partial charge in [-0.3, -0.25) is 4.79 Å². The molecule has 1 amide bonds. The molecular weight excluding hydrogens is 408 g/mol. The fourth-order valence-corrected chi connectivity index (χ4v) is 4.96. The van der Waals surface area contributed by atoms with Gasteiger partial charge in [-0.05, 0) is 36.4 Å². The van der Waals surface area contributed by atoms with Crippen molar-refractivity contribution in [2.75, 3.05) is 33.9 Å². The van der Waals surface area contributed by atoms with Gasteiger partial charge in [-0.2, -0.15) is 4.31 Å². The number of benzene rings is 2. The van der Waals surface area contributed by atoms with E-state index in [0.29, 0.717) is 24.7 Å². The first-order valence-corrected chi connectivity index (χ1v) is 11.0. The molecule has 0 saturated carbocycles. The van der Waals surface area contributed by atoms with Crippen molar-refractivity contribution in [2.24, 2.45) is 0 Å². The summed E-state index contributed by atoms with van der Waals surface area (Å²) in [6, 6.07) is 14.4. The lowest BCUT2D eigenvalue weighted by Crippen LogP contribution is -2.46. The molecule has 2 atom stereocenters. The van der Waals surface area contributed by atoms with Crippen molar-refractivity contribution in [1.82, 2.24) is 9.62 Å². The number of ether oxygens (including phenoxy) is 3. The van der Waals surface area contributed by atoms with Crippen LogP contribution in [0.5, 0.6) is 11.5 Å². The number of sulfonamides is 1. The van der Waals surface area contributed by atoms with E-state index in [4.69, 9.17) is 14.2 Å². The number of methoxy groups -OCH3 is 2. The molecule has 1 heterocycles. The second-order valence-corrected chi connectivity index (χ2v) is 8.73. The van der Waals surface area contributed by atoms with Crippen LogP contribution in [0.15, 0.2) is 59.5 Å². The van der Waals surface area contributed by atoms with Crippen molar-refractivity contribution in [2.45, 2.75) is 23.5 Å². The van der Waals surface area contributed by atoms with Gasteiger partial charge in [0.25, 0.3) is 0 Å². The number of para-hydroxylation sites is 1. The third kappa shape index (κ3) is 5.10. The van der Waals surface area contributed by atoms with E-state index in [1.54, 1.807) is 24.3 Å². The summed E-state index contributed by atoms with van der Waals surface area (Å²) in [5.41, 5.74) is 0. The Morgan fingerprint density at radius 1 is 1.07 bits per heavy atom. The lowest BCUT2D eigenvalue weighted by Gasteiger charge is -2.23. The molecule has 1 aliphatic heterocycles. The Balaban J connectivity index is 1.83. The average molecular weight is 435 g/mol. The standard InChI is InChI=1S/C21H26N2O6S/c1-27-13-12-22-21(24)20-14-18(29-17-6-4-3-5-7-17)15-23(20)30(25,26)19-10-8-16(28-2)9-11-19/h3-11,18,20H,12-15H2,1-2H3,(H,22,24)/t18-,20+/m0/s1. The molecule has 9 heteroatoms. The normalized spacial score (nSPS) is 19.4. The van der Waals surface area contributed by atoms with Crippen molar-refractivity contribution >= 4 is 15.9 Å². The highest BCUT2D eigenvalue weighted by Crippen LogP contribution is 2.29. The summed E-state index contributed by atoms with van der Waals surface area (Å²) in [7, 11) is -0.865. The van der Waals surface area contributed by atoms with E-state index in [1.165, 1.54) is 30.7 Å². The quantitative estimate of drug-likeness (QED) is 0.604. The second-order valence-electron chi connectivity index (χ2n) is 6.84. The van der Waals surface area contributed by atoms with Crippen LogP contribution in [0.2, 0.25) is 0 Å². The smallest absolute Gasteiger partial charge is 0.243 e. The van der Waals surface area contributed by atoms with Gasteiger partial charge in [-0.1, -0.05) is 18.2 Å². The van der Waals surface area contributed by atoms with E-state index in [9.17, 15) is 13.2 Å². The van der Waals surface area contributed by atoms with Gasteiger partial charge in [-0.25, -0.2) is 8.42 Å². The van der Waals surface area contributed by atoms with Crippen LogP contribution in [0.1, 0.15) is 6.42 Å². The SMILES string of the molecule is COCCNC(=O)[C@H]1C[C@H](Oc2ccccc2)CN1S(=O)(=O)c1ccc(OC)cc1. The van der Waals surface area contributed by atoms with Crippen LogP contribution in [0, 0.1) is 0 Å². The molecule has 0 aromatic heterocycles. The maximum absolute atomic E-state index is 13.3. The second kappa shape index (κ2) is 9.92. The highest BCUT2D eigenvalue weighted by atomic mass is 32.2. The average Bonchev–Trinajstić information content (AvgIpc) is 3.19. The summed E-state index contributed by atoms with van der Waals surface area (Å²) in [6.45, 7) is 0.714. The Labute approximate surface area is 176 Å². The van der Waals surface area contributed by atoms with E-state index in [2.05, 4.69) is 5.32 Å². The Bertz CT molecular complexity index is 934. The molecule has 2 aromatic rings. The molecule has 1 aliphatic rings. The number of carbonyl (C=O) groups excluding carboxylic acids is 1. The van der Waals surface area contributed by atoms with Crippen molar-refractivity contribution in [3.8, 4) is 11.5 Å². The third-order valence-corrected chi connectivity index (χ3v) is 6.73. The zero-order chi connectivity index (χ0) is 21.6. The molecule has 0 unspecified atom stereocenters. The lowest BCUT2D eigenvalue weighted by molar-refractivity contribution is -0.124. The molecule has 1 fully saturated rings. The van der Waals surface area contributed by atoms with Crippen LogP contribution >= 0.6 is 0 Å². The molecular formula is C21H26N2O6S. The van der Waals surface area contributed by atoms with E-state index in [1.807, 2.05) is 18.2 Å². The first-order valence-electron chi connectivity index (χ1n) is 9.60. The summed E-state index contributed by atoms with van der Waals surface area (Å²) < 4.78 is 43.8. The molecule has 0 spiro atoms. The Hall–Kier alpha value is -2.62. The summed E-state index contributed by atoms with van der Waals surface area (Å²) in [5.74, 6) is 0.808. The number of hydrogen-bond acceptors (Lipinski definition) is 6. The third-order valence-electron chi connectivity index (χ3n) is 4.84. The van der Waals surface area contributed by atoms with Crippen LogP contribution in [-0.2, 0) is 19.6 Å². The molecule has 30 heavy (non-hydrogen) atoms. The fraction of sp³-hybridized carbons (Fsp3) is 0.381. The van der Waals surface area contributed by atoms with E-state index in [-0.39, 0.29) is 23.8 Å². The van der Waals surface area contributed by atoms with Gasteiger partial charge in [0.1, 0.15) is 23.6 Å². The minimum absolute atomic E-state index is 0.0750. The number of amides is 1. The van der Waals surface area contributed by atoms with Crippen LogP contribution in [0.25, 0.3) is 0 Å². The van der Waals surface area contributed by atoms with Crippen molar-refractivity contribution in [1.29, 1.82) is 0 Å². The van der Waals surface area contributed by atoms with Crippen LogP contribution < -0.4 is 14.8 Å². The predicted molar refractivity (Wildman–Crippen MR) is 111 cm³/mol. The number of nitrogens with zero attached hydrogens (tertiary/aromatic N) is 1. The monoisotopic (exact) mass is 434 g/mol. The minimum Gasteiger partial charge on any atom is -0.497 e. The molecule has 1 N–H and O–H groups in total. The first-order chi connectivity index (χ1) is 14.5. The van der Waals surface area contributed by atoms with E-state index in [0.717, 1.165) is 0 Å². The van der Waals surface area contributed by atoms with Gasteiger partial charge < -0.3 is 19.5 Å². The highest BCUT2D eigenvalue weighted by Gasteiger charge is 2.44. The molecule has 162 valence electrons. The first kappa shape index (κ1) is 22.1. The zero-order valence-electron chi connectivity index (χ0n) is 17.0. The van der Waals surface area contributed by atoms with Crippen LogP contribution in [0.3, 0.4) is 0 Å². The maximum Gasteiger partial charge on any atom is 0.243 e. The van der Waals surface area contributed by atoms with Gasteiger partial charge in [0.2, 0.25) is 15.9 Å². The molecule has 2 aromatic carbocycles. The summed E-state index contributed by atoms with van der Waals surface area (Å²) in [4.78, 5) is 12.9. The fourth-order valence-electron chi connectivity index (χ4n) is 3.33. The van der Waals surface area contributed by atoms with Gasteiger partial charge in [0.05, 0.1) is 25.2 Å². The lowest BCUT2D eigenvalue weighted by atomic mass is 10.2. The number of rotatable bonds is 9. The van der Waals surface area contributed by atoms with Gasteiger partial charge in [0.15, 0.2) is 0 Å². The maximum atomic E-state index is 13.3. The van der Waals surface area contributed by atoms with Crippen LogP contribution in [-0.4, -0.2) is 64.7 Å². The molecule has 1 saturated heterocycles. The number of carbonyl (C=O) groups is 1. The summed E-state index contributed by atoms with van der Waals surface area (Å²) >= 11 is 0. The van der Waals surface area contributed by atoms with Crippen LogP contribution in [0.4, 0.5) is 0 Å². The Morgan fingerprint density at radius 2 is 1.77 bits per heavy atom. The minimum atomic E-state index is -3.91. The van der Waals surface area contributed by atoms with Crippen molar-refractivity contribution in [3.63, 3.8) is 0 Å². The summed E-state index contributed by atoms with van der Waals surface area (Å²) in [6.07, 6.45) is -0.193. The highest BCUT2D eigenvalue weighted by molar-refractivity contribution is 7.89. The number of nitrogens with one attached hydrogen (secondary N) is 1. The van der Waals surface area contributed by atoms with E-state index < -0.39 is 22.2 Å². The van der Waals surface area contributed by atoms with Crippen molar-refractivity contribution < 1.29 is 27.4 Å². The molecule has 8 nitrogen and oxygen atoms in total.